The van der Waals surface area contributed by atoms with E-state index in [4.69, 9.17) is 5.26 Å². The fourth-order valence-electron chi connectivity index (χ4n) is 1.56. The van der Waals surface area contributed by atoms with Crippen molar-refractivity contribution in [3.63, 3.8) is 0 Å². The van der Waals surface area contributed by atoms with Gasteiger partial charge in [-0.1, -0.05) is 0 Å². The first-order valence-corrected chi connectivity index (χ1v) is 6.00. The van der Waals surface area contributed by atoms with Crippen molar-refractivity contribution in [3.8, 4) is 6.07 Å². The lowest BCUT2D eigenvalue weighted by atomic mass is 10.1. The number of anilines is 1. The minimum Gasteiger partial charge on any atom is -0.383 e. The number of non-ortho nitro benzene ring substituents is 1. The van der Waals surface area contributed by atoms with E-state index < -0.39 is 10.5 Å². The Bertz CT molecular complexity index is 532. The van der Waals surface area contributed by atoms with Crippen LogP contribution < -0.4 is 10.6 Å². The summed E-state index contributed by atoms with van der Waals surface area (Å²) in [4.78, 5) is 21.4. The minimum absolute atomic E-state index is 0.0251. The number of nitrogens with one attached hydrogen (secondary N) is 2. The molecule has 0 atom stereocenters. The van der Waals surface area contributed by atoms with Gasteiger partial charge in [0.05, 0.1) is 16.5 Å². The lowest BCUT2D eigenvalue weighted by Crippen LogP contribution is -2.48. The standard InChI is InChI=1S/C13H16N4O3/c1-13(2,16-12(18)7-8-14)9-15-10-3-5-11(6-4-10)17(19)20/h3-6,15H,7,9H2,1-2H3,(H,16,18). The molecule has 2 N–H and O–H groups in total. The highest BCUT2D eigenvalue weighted by molar-refractivity contribution is 5.78. The van der Waals surface area contributed by atoms with Crippen molar-refractivity contribution in [1.82, 2.24) is 5.32 Å². The molecule has 0 aromatic heterocycles. The van der Waals surface area contributed by atoms with Gasteiger partial charge in [-0.15, -0.1) is 0 Å². The number of hydrogen-bond donors (Lipinski definition) is 2. The summed E-state index contributed by atoms with van der Waals surface area (Å²) in [5.74, 6) is -0.331. The molecule has 7 nitrogen and oxygen atoms in total. The Morgan fingerprint density at radius 3 is 2.50 bits per heavy atom. The van der Waals surface area contributed by atoms with Crippen molar-refractivity contribution >= 4 is 17.3 Å². The zero-order valence-corrected chi connectivity index (χ0v) is 11.3. The lowest BCUT2D eigenvalue weighted by Gasteiger charge is -2.26. The Labute approximate surface area is 116 Å². The SMILES string of the molecule is CC(C)(CNc1ccc([N+](=O)[O-])cc1)NC(=O)CC#N. The van der Waals surface area contributed by atoms with Crippen molar-refractivity contribution < 1.29 is 9.72 Å². The van der Waals surface area contributed by atoms with Crippen molar-refractivity contribution in [3.05, 3.63) is 34.4 Å². The Hall–Kier alpha value is -2.62. The van der Waals surface area contributed by atoms with Crippen molar-refractivity contribution in [2.45, 2.75) is 25.8 Å². The molecule has 0 aliphatic rings. The third kappa shape index (κ3) is 4.94. The van der Waals surface area contributed by atoms with Gasteiger partial charge in [0.2, 0.25) is 5.91 Å². The van der Waals surface area contributed by atoms with Gasteiger partial charge in [-0.25, -0.2) is 0 Å². The van der Waals surface area contributed by atoms with Crippen LogP contribution in [0.15, 0.2) is 24.3 Å². The van der Waals surface area contributed by atoms with Crippen LogP contribution in [0.5, 0.6) is 0 Å². The van der Waals surface area contributed by atoms with Gasteiger partial charge in [0.15, 0.2) is 0 Å². The van der Waals surface area contributed by atoms with E-state index in [-0.39, 0.29) is 18.0 Å². The summed E-state index contributed by atoms with van der Waals surface area (Å²) in [6.07, 6.45) is -0.180. The molecule has 0 aliphatic heterocycles. The highest BCUT2D eigenvalue weighted by Gasteiger charge is 2.20. The van der Waals surface area contributed by atoms with Crippen LogP contribution in [0.1, 0.15) is 20.3 Å². The summed E-state index contributed by atoms with van der Waals surface area (Å²) in [5, 5.41) is 24.8. The summed E-state index contributed by atoms with van der Waals surface area (Å²) in [7, 11) is 0. The third-order valence-corrected chi connectivity index (χ3v) is 2.53. The van der Waals surface area contributed by atoms with Gasteiger partial charge in [-0.2, -0.15) is 5.26 Å². The van der Waals surface area contributed by atoms with Crippen LogP contribution in [0.25, 0.3) is 0 Å². The maximum absolute atomic E-state index is 11.4. The first-order valence-electron chi connectivity index (χ1n) is 6.00. The maximum Gasteiger partial charge on any atom is 0.269 e. The van der Waals surface area contributed by atoms with Gasteiger partial charge in [-0.3, -0.25) is 14.9 Å². The molecule has 106 valence electrons. The molecule has 0 bridgehead atoms. The smallest absolute Gasteiger partial charge is 0.269 e. The van der Waals surface area contributed by atoms with E-state index in [2.05, 4.69) is 10.6 Å². The first-order chi connectivity index (χ1) is 9.34. The Morgan fingerprint density at radius 2 is 2.00 bits per heavy atom. The van der Waals surface area contributed by atoms with Gasteiger partial charge in [-0.05, 0) is 26.0 Å². The zero-order chi connectivity index (χ0) is 15.2. The van der Waals surface area contributed by atoms with Crippen LogP contribution in [-0.2, 0) is 4.79 Å². The number of carbonyl (C=O) groups excluding carboxylic acids is 1. The van der Waals surface area contributed by atoms with Gasteiger partial charge in [0, 0.05) is 24.4 Å². The normalized spacial score (nSPS) is 10.4. The fraction of sp³-hybridized carbons (Fsp3) is 0.385. The lowest BCUT2D eigenvalue weighted by molar-refractivity contribution is -0.384. The average molecular weight is 276 g/mol. The van der Waals surface area contributed by atoms with Crippen LogP contribution in [0.2, 0.25) is 0 Å². The molecule has 0 saturated carbocycles. The summed E-state index contributed by atoms with van der Waals surface area (Å²) >= 11 is 0. The van der Waals surface area contributed by atoms with Crippen LogP contribution in [-0.4, -0.2) is 22.9 Å². The molecule has 1 amide bonds. The predicted octanol–water partition coefficient (Wildman–Crippen LogP) is 1.82. The predicted molar refractivity (Wildman–Crippen MR) is 74.0 cm³/mol. The number of rotatable bonds is 6. The number of hydrogen-bond acceptors (Lipinski definition) is 5. The quantitative estimate of drug-likeness (QED) is 0.608. The molecule has 7 heteroatoms. The van der Waals surface area contributed by atoms with E-state index in [1.807, 2.05) is 13.8 Å². The fourth-order valence-corrected chi connectivity index (χ4v) is 1.56. The molecule has 0 saturated heterocycles. The number of nitro benzene ring substituents is 1. The van der Waals surface area contributed by atoms with Gasteiger partial charge < -0.3 is 10.6 Å². The maximum atomic E-state index is 11.4. The second-order valence-electron chi connectivity index (χ2n) is 4.92. The van der Waals surface area contributed by atoms with Crippen LogP contribution >= 0.6 is 0 Å². The van der Waals surface area contributed by atoms with Crippen molar-refractivity contribution in [2.24, 2.45) is 0 Å². The molecule has 0 fully saturated rings. The largest absolute Gasteiger partial charge is 0.383 e. The Balaban J connectivity index is 2.55. The molecular weight excluding hydrogens is 260 g/mol. The van der Waals surface area contributed by atoms with Gasteiger partial charge in [0.25, 0.3) is 5.69 Å². The van der Waals surface area contributed by atoms with Gasteiger partial charge >= 0.3 is 0 Å². The van der Waals surface area contributed by atoms with Crippen LogP contribution in [0, 0.1) is 21.4 Å². The number of benzene rings is 1. The van der Waals surface area contributed by atoms with Crippen LogP contribution in [0.4, 0.5) is 11.4 Å². The number of amides is 1. The molecular formula is C13H16N4O3. The van der Waals surface area contributed by atoms with Gasteiger partial charge in [0.1, 0.15) is 6.42 Å². The molecule has 1 aromatic carbocycles. The average Bonchev–Trinajstić information content (AvgIpc) is 2.36. The number of nitro groups is 1. The molecule has 0 aliphatic carbocycles. The topological polar surface area (TPSA) is 108 Å². The Morgan fingerprint density at radius 1 is 1.40 bits per heavy atom. The number of nitrogens with zero attached hydrogens (tertiary/aromatic N) is 2. The van der Waals surface area contributed by atoms with E-state index in [9.17, 15) is 14.9 Å². The third-order valence-electron chi connectivity index (χ3n) is 2.53. The highest BCUT2D eigenvalue weighted by atomic mass is 16.6. The van der Waals surface area contributed by atoms with Crippen LogP contribution in [0.3, 0.4) is 0 Å². The number of nitriles is 1. The summed E-state index contributed by atoms with van der Waals surface area (Å²) in [5.41, 5.74) is 0.214. The zero-order valence-electron chi connectivity index (χ0n) is 11.3. The van der Waals surface area contributed by atoms with E-state index >= 15 is 0 Å². The molecule has 0 unspecified atom stereocenters. The Kier molecular flexibility index (Phi) is 5.03. The van der Waals surface area contributed by atoms with E-state index in [1.165, 1.54) is 12.1 Å². The second kappa shape index (κ2) is 6.52. The molecule has 1 rings (SSSR count). The monoisotopic (exact) mass is 276 g/mol. The van der Waals surface area contributed by atoms with Crippen molar-refractivity contribution in [2.75, 3.05) is 11.9 Å². The highest BCUT2D eigenvalue weighted by Crippen LogP contribution is 2.16. The van der Waals surface area contributed by atoms with E-state index in [0.717, 1.165) is 5.69 Å². The van der Waals surface area contributed by atoms with Crippen molar-refractivity contribution in [1.29, 1.82) is 5.26 Å². The minimum atomic E-state index is -0.532. The van der Waals surface area contributed by atoms with E-state index in [1.54, 1.807) is 18.2 Å². The number of carbonyl (C=O) groups is 1. The van der Waals surface area contributed by atoms with E-state index in [0.29, 0.717) is 6.54 Å². The second-order valence-corrected chi connectivity index (χ2v) is 4.92. The molecule has 0 spiro atoms. The summed E-state index contributed by atoms with van der Waals surface area (Å²) in [6.45, 7) is 4.07. The molecule has 0 radical (unpaired) electrons. The summed E-state index contributed by atoms with van der Waals surface area (Å²) in [6, 6.07) is 7.80. The molecule has 0 heterocycles. The first kappa shape index (κ1) is 15.4. The molecule has 20 heavy (non-hydrogen) atoms. The summed E-state index contributed by atoms with van der Waals surface area (Å²) < 4.78 is 0. The molecule has 1 aromatic rings.